The standard InChI is InChI=1S/C19H24O7/c1-7(2)13-11-8(5-10(21)25-13)18(3)6-9(20)16(23)19(4)15(18)14(12(11)22)26-17(19)24/h5,7,9,12,14-16,20,22-23H,6H2,1-4H3. The molecule has 4 rings (SSSR count). The Labute approximate surface area is 150 Å². The lowest BCUT2D eigenvalue weighted by Crippen LogP contribution is -2.63. The van der Waals surface area contributed by atoms with Crippen LogP contribution in [0.1, 0.15) is 63.0 Å². The first-order chi connectivity index (χ1) is 12.0. The second-order valence-electron chi connectivity index (χ2n) is 8.62. The van der Waals surface area contributed by atoms with Gasteiger partial charge in [0.05, 0.1) is 12.2 Å². The first kappa shape index (κ1) is 17.7. The second kappa shape index (κ2) is 5.18. The van der Waals surface area contributed by atoms with E-state index >= 15 is 0 Å². The summed E-state index contributed by atoms with van der Waals surface area (Å²) in [5, 5.41) is 32.1. The van der Waals surface area contributed by atoms with Crippen molar-refractivity contribution in [2.45, 2.75) is 69.9 Å². The Morgan fingerprint density at radius 3 is 2.46 bits per heavy atom. The number of carbonyl (C=O) groups excluding carboxylic acids is 1. The highest BCUT2D eigenvalue weighted by Gasteiger charge is 2.72. The van der Waals surface area contributed by atoms with Crippen molar-refractivity contribution in [1.82, 2.24) is 0 Å². The van der Waals surface area contributed by atoms with Crippen LogP contribution < -0.4 is 5.63 Å². The highest BCUT2D eigenvalue weighted by Crippen LogP contribution is 2.63. The first-order valence-electron chi connectivity index (χ1n) is 8.97. The molecule has 1 aromatic heterocycles. The molecule has 2 fully saturated rings. The van der Waals surface area contributed by atoms with E-state index in [1.54, 1.807) is 6.92 Å². The molecule has 0 amide bonds. The SMILES string of the molecule is CC(C)c1oc(=O)cc2c1C(O)C1OC(=O)C3(C)C(O)C(O)CC2(C)C13. The molecule has 7 nitrogen and oxygen atoms in total. The summed E-state index contributed by atoms with van der Waals surface area (Å²) in [6.07, 6.45) is -4.31. The highest BCUT2D eigenvalue weighted by atomic mass is 16.6. The predicted octanol–water partition coefficient (Wildman–Crippen LogP) is 0.741. The Morgan fingerprint density at radius 1 is 1.19 bits per heavy atom. The molecule has 1 aromatic rings. The van der Waals surface area contributed by atoms with Crippen molar-refractivity contribution in [1.29, 1.82) is 0 Å². The van der Waals surface area contributed by atoms with Crippen molar-refractivity contribution in [3.63, 3.8) is 0 Å². The molecule has 7 heteroatoms. The lowest BCUT2D eigenvalue weighted by atomic mass is 9.48. The average molecular weight is 364 g/mol. The lowest BCUT2D eigenvalue weighted by molar-refractivity contribution is -0.166. The smallest absolute Gasteiger partial charge is 0.336 e. The van der Waals surface area contributed by atoms with Crippen LogP contribution in [0.3, 0.4) is 0 Å². The van der Waals surface area contributed by atoms with Crippen LogP contribution in [0.5, 0.6) is 0 Å². The lowest BCUT2D eigenvalue weighted by Gasteiger charge is -2.55. The number of carbonyl (C=O) groups is 1. The molecule has 1 saturated heterocycles. The summed E-state index contributed by atoms with van der Waals surface area (Å²) in [6, 6.07) is 1.34. The molecule has 26 heavy (non-hydrogen) atoms. The normalized spacial score (nSPS) is 43.8. The van der Waals surface area contributed by atoms with Crippen LogP contribution in [0, 0.1) is 11.3 Å². The van der Waals surface area contributed by atoms with E-state index in [1.807, 2.05) is 20.8 Å². The molecule has 0 radical (unpaired) electrons. The number of hydrogen-bond acceptors (Lipinski definition) is 7. The fourth-order valence-electron chi connectivity index (χ4n) is 5.60. The minimum Gasteiger partial charge on any atom is -0.458 e. The number of rotatable bonds is 1. The molecule has 7 unspecified atom stereocenters. The van der Waals surface area contributed by atoms with Gasteiger partial charge < -0.3 is 24.5 Å². The Balaban J connectivity index is 2.05. The van der Waals surface area contributed by atoms with Crippen molar-refractivity contribution in [2.24, 2.45) is 11.3 Å². The van der Waals surface area contributed by atoms with E-state index in [2.05, 4.69) is 0 Å². The van der Waals surface area contributed by atoms with Gasteiger partial charge in [-0.1, -0.05) is 20.8 Å². The quantitative estimate of drug-likeness (QED) is 0.629. The zero-order valence-corrected chi connectivity index (χ0v) is 15.2. The van der Waals surface area contributed by atoms with Gasteiger partial charge in [-0.15, -0.1) is 0 Å². The van der Waals surface area contributed by atoms with Gasteiger partial charge in [-0.2, -0.15) is 0 Å². The van der Waals surface area contributed by atoms with E-state index in [0.717, 1.165) is 0 Å². The van der Waals surface area contributed by atoms with Crippen molar-refractivity contribution in [3.05, 3.63) is 33.4 Å². The summed E-state index contributed by atoms with van der Waals surface area (Å²) in [4.78, 5) is 24.9. The monoisotopic (exact) mass is 364 g/mol. The van der Waals surface area contributed by atoms with Gasteiger partial charge in [0.2, 0.25) is 0 Å². The van der Waals surface area contributed by atoms with Crippen LogP contribution in [0.2, 0.25) is 0 Å². The van der Waals surface area contributed by atoms with E-state index < -0.39 is 52.8 Å². The second-order valence-corrected chi connectivity index (χ2v) is 8.62. The molecule has 2 aliphatic carbocycles. The fraction of sp³-hybridized carbons (Fsp3) is 0.684. The molecule has 3 aliphatic rings. The first-order valence-corrected chi connectivity index (χ1v) is 8.97. The zero-order chi connectivity index (χ0) is 19.2. The number of hydrogen-bond donors (Lipinski definition) is 3. The van der Waals surface area contributed by atoms with Gasteiger partial charge in [-0.3, -0.25) is 4.79 Å². The van der Waals surface area contributed by atoms with Crippen LogP contribution in [-0.4, -0.2) is 39.6 Å². The van der Waals surface area contributed by atoms with Crippen molar-refractivity contribution >= 4 is 5.97 Å². The van der Waals surface area contributed by atoms with Crippen LogP contribution >= 0.6 is 0 Å². The van der Waals surface area contributed by atoms with Crippen molar-refractivity contribution in [3.8, 4) is 0 Å². The number of aliphatic hydroxyl groups excluding tert-OH is 3. The van der Waals surface area contributed by atoms with E-state index in [4.69, 9.17) is 9.15 Å². The summed E-state index contributed by atoms with van der Waals surface area (Å²) in [6.45, 7) is 7.12. The molecule has 142 valence electrons. The Kier molecular flexibility index (Phi) is 3.53. The van der Waals surface area contributed by atoms with Gasteiger partial charge in [0.25, 0.3) is 0 Å². The Hall–Kier alpha value is -1.70. The Morgan fingerprint density at radius 2 is 1.85 bits per heavy atom. The zero-order valence-electron chi connectivity index (χ0n) is 15.2. The molecule has 7 atom stereocenters. The number of esters is 1. The highest BCUT2D eigenvalue weighted by molar-refractivity contribution is 5.82. The van der Waals surface area contributed by atoms with E-state index in [9.17, 15) is 24.9 Å². The van der Waals surface area contributed by atoms with Gasteiger partial charge in [0.1, 0.15) is 23.4 Å². The summed E-state index contributed by atoms with van der Waals surface area (Å²) in [7, 11) is 0. The third-order valence-electron chi connectivity index (χ3n) is 6.73. The largest absolute Gasteiger partial charge is 0.458 e. The topological polar surface area (TPSA) is 117 Å². The summed E-state index contributed by atoms with van der Waals surface area (Å²) < 4.78 is 10.9. The molecule has 1 saturated carbocycles. The van der Waals surface area contributed by atoms with Gasteiger partial charge in [-0.25, -0.2) is 4.79 Å². The van der Waals surface area contributed by atoms with Crippen LogP contribution in [0.15, 0.2) is 15.3 Å². The molecule has 1 aliphatic heterocycles. The molecule has 0 aromatic carbocycles. The predicted molar refractivity (Wildman–Crippen MR) is 89.5 cm³/mol. The van der Waals surface area contributed by atoms with Crippen molar-refractivity contribution in [2.75, 3.05) is 0 Å². The minimum atomic E-state index is -1.36. The molecule has 3 N–H and O–H groups in total. The number of fused-ring (bicyclic) bond motifs is 2. The van der Waals surface area contributed by atoms with E-state index in [0.29, 0.717) is 16.9 Å². The fourth-order valence-corrected chi connectivity index (χ4v) is 5.60. The van der Waals surface area contributed by atoms with Crippen molar-refractivity contribution < 1.29 is 29.3 Å². The molecule has 0 spiro atoms. The third kappa shape index (κ3) is 1.88. The summed E-state index contributed by atoms with van der Waals surface area (Å²) in [5.41, 5.74) is -1.68. The van der Waals surface area contributed by atoms with E-state index in [1.165, 1.54) is 6.07 Å². The van der Waals surface area contributed by atoms with Gasteiger partial charge in [0, 0.05) is 28.9 Å². The molecular formula is C19H24O7. The third-order valence-corrected chi connectivity index (χ3v) is 6.73. The van der Waals surface area contributed by atoms with Gasteiger partial charge >= 0.3 is 11.6 Å². The van der Waals surface area contributed by atoms with Gasteiger partial charge in [0.15, 0.2) is 0 Å². The van der Waals surface area contributed by atoms with Crippen LogP contribution in [0.25, 0.3) is 0 Å². The summed E-state index contributed by atoms with van der Waals surface area (Å²) >= 11 is 0. The maximum absolute atomic E-state index is 12.7. The van der Waals surface area contributed by atoms with Gasteiger partial charge in [-0.05, 0) is 18.9 Å². The number of ether oxygens (including phenoxy) is 1. The minimum absolute atomic E-state index is 0.155. The number of aliphatic hydroxyl groups is 3. The van der Waals surface area contributed by atoms with Crippen LogP contribution in [0.4, 0.5) is 0 Å². The maximum Gasteiger partial charge on any atom is 0.336 e. The molecule has 0 bridgehead atoms. The Bertz CT molecular complexity index is 843. The molecular weight excluding hydrogens is 340 g/mol. The maximum atomic E-state index is 12.7. The molecule has 2 heterocycles. The summed E-state index contributed by atoms with van der Waals surface area (Å²) in [5.74, 6) is -0.993. The van der Waals surface area contributed by atoms with Crippen LogP contribution in [-0.2, 0) is 14.9 Å². The van der Waals surface area contributed by atoms with E-state index in [-0.39, 0.29) is 12.3 Å². The average Bonchev–Trinajstić information content (AvgIpc) is 2.84.